The molecule has 0 atom stereocenters. The molecule has 28 heavy (non-hydrogen) atoms. The molecule has 0 saturated carbocycles. The second-order valence-electron chi connectivity index (χ2n) is 7.06. The first kappa shape index (κ1) is 21.6. The Morgan fingerprint density at radius 1 is 1.18 bits per heavy atom. The smallest absolute Gasteiger partial charge is 0.419 e. The van der Waals surface area contributed by atoms with Crippen LogP contribution in [0.2, 0.25) is 0 Å². The van der Waals surface area contributed by atoms with E-state index in [1.165, 1.54) is 18.2 Å². The highest BCUT2D eigenvalue weighted by molar-refractivity contribution is 5.79. The number of guanidine groups is 1. The summed E-state index contributed by atoms with van der Waals surface area (Å²) in [5.41, 5.74) is -0.925. The van der Waals surface area contributed by atoms with Crippen LogP contribution >= 0.6 is 0 Å². The lowest BCUT2D eigenvalue weighted by atomic mass is 9.94. The summed E-state index contributed by atoms with van der Waals surface area (Å²) in [4.78, 5) is 8.26. The Bertz CT molecular complexity index is 795. The second-order valence-corrected chi connectivity index (χ2v) is 7.06. The fourth-order valence-electron chi connectivity index (χ4n) is 2.28. The summed E-state index contributed by atoms with van der Waals surface area (Å²) in [6.07, 6.45) is -2.76. The monoisotopic (exact) mass is 398 g/mol. The van der Waals surface area contributed by atoms with E-state index in [4.69, 9.17) is 9.15 Å². The first-order valence-electron chi connectivity index (χ1n) is 8.80. The van der Waals surface area contributed by atoms with Gasteiger partial charge in [0.05, 0.1) is 24.8 Å². The molecule has 2 N–H and O–H groups in total. The van der Waals surface area contributed by atoms with Gasteiger partial charge >= 0.3 is 6.18 Å². The average molecular weight is 398 g/mol. The molecule has 0 unspecified atom stereocenters. The van der Waals surface area contributed by atoms with Gasteiger partial charge in [0.2, 0.25) is 5.89 Å². The molecule has 0 aliphatic rings. The number of benzene rings is 1. The molecule has 0 fully saturated rings. The Balaban J connectivity index is 1.80. The van der Waals surface area contributed by atoms with E-state index in [2.05, 4.69) is 20.6 Å². The number of hydrogen-bond acceptors (Lipinski definition) is 4. The van der Waals surface area contributed by atoms with Gasteiger partial charge in [0.25, 0.3) is 0 Å². The minimum Gasteiger partial charge on any atom is -0.491 e. The lowest BCUT2D eigenvalue weighted by Gasteiger charge is -2.15. The van der Waals surface area contributed by atoms with E-state index in [1.807, 2.05) is 20.8 Å². The lowest BCUT2D eigenvalue weighted by Crippen LogP contribution is -2.39. The van der Waals surface area contributed by atoms with E-state index in [-0.39, 0.29) is 24.3 Å². The highest BCUT2D eigenvalue weighted by Gasteiger charge is 2.33. The van der Waals surface area contributed by atoms with Crippen molar-refractivity contribution in [3.8, 4) is 5.75 Å². The van der Waals surface area contributed by atoms with Crippen LogP contribution in [0.5, 0.6) is 5.75 Å². The van der Waals surface area contributed by atoms with Crippen LogP contribution in [-0.4, -0.2) is 31.1 Å². The minimum atomic E-state index is -4.45. The van der Waals surface area contributed by atoms with Crippen molar-refractivity contribution in [2.24, 2.45) is 4.99 Å². The normalized spacial score (nSPS) is 12.8. The minimum absolute atomic E-state index is 0.0426. The Kier molecular flexibility index (Phi) is 6.93. The van der Waals surface area contributed by atoms with Crippen molar-refractivity contribution < 1.29 is 22.3 Å². The Hall–Kier alpha value is -2.71. The highest BCUT2D eigenvalue weighted by Crippen LogP contribution is 2.35. The zero-order chi connectivity index (χ0) is 20.8. The summed E-state index contributed by atoms with van der Waals surface area (Å²) >= 11 is 0. The zero-order valence-corrected chi connectivity index (χ0v) is 16.4. The highest BCUT2D eigenvalue weighted by atomic mass is 19.4. The molecule has 0 spiro atoms. The van der Waals surface area contributed by atoms with Gasteiger partial charge in [0, 0.05) is 12.5 Å². The number of oxazole rings is 1. The summed E-state index contributed by atoms with van der Waals surface area (Å²) in [6.45, 7) is 6.73. The molecule has 0 aliphatic heterocycles. The lowest BCUT2D eigenvalue weighted by molar-refractivity contribution is -0.138. The first-order chi connectivity index (χ1) is 13.1. The topological polar surface area (TPSA) is 71.7 Å². The van der Waals surface area contributed by atoms with Crippen LogP contribution in [-0.2, 0) is 18.1 Å². The quantitative estimate of drug-likeness (QED) is 0.441. The van der Waals surface area contributed by atoms with Gasteiger partial charge in [-0.3, -0.25) is 4.99 Å². The number of aliphatic imine (C=N–C) groups is 1. The largest absolute Gasteiger partial charge is 0.491 e. The summed E-state index contributed by atoms with van der Waals surface area (Å²) in [7, 11) is 1.59. The zero-order valence-electron chi connectivity index (χ0n) is 16.4. The molecular formula is C19H25F3N4O2. The first-order valence-corrected chi connectivity index (χ1v) is 8.80. The number of aromatic nitrogens is 1. The number of hydrogen-bond donors (Lipinski definition) is 2. The van der Waals surface area contributed by atoms with Crippen molar-refractivity contribution >= 4 is 5.96 Å². The van der Waals surface area contributed by atoms with Crippen molar-refractivity contribution in [3.63, 3.8) is 0 Å². The molecule has 0 radical (unpaired) electrons. The molecule has 1 aromatic carbocycles. The maximum absolute atomic E-state index is 12.9. The Morgan fingerprint density at radius 3 is 2.50 bits per heavy atom. The third kappa shape index (κ3) is 6.17. The van der Waals surface area contributed by atoms with Crippen molar-refractivity contribution in [2.45, 2.75) is 38.9 Å². The molecular weight excluding hydrogens is 373 g/mol. The summed E-state index contributed by atoms with van der Waals surface area (Å²) in [5.74, 6) is 1.56. The second kappa shape index (κ2) is 8.99. The van der Waals surface area contributed by atoms with E-state index in [1.54, 1.807) is 13.2 Å². The third-order valence-corrected chi connectivity index (χ3v) is 3.77. The Labute approximate surface area is 162 Å². The number of alkyl halides is 3. The fraction of sp³-hybridized carbons (Fsp3) is 0.474. The van der Waals surface area contributed by atoms with Crippen LogP contribution < -0.4 is 15.4 Å². The number of para-hydroxylation sites is 1. The average Bonchev–Trinajstić information content (AvgIpc) is 3.10. The van der Waals surface area contributed by atoms with Gasteiger partial charge in [0.15, 0.2) is 5.96 Å². The summed E-state index contributed by atoms with van der Waals surface area (Å²) in [6, 6.07) is 5.12. The van der Waals surface area contributed by atoms with E-state index in [0.29, 0.717) is 18.4 Å². The van der Waals surface area contributed by atoms with Crippen molar-refractivity contribution in [1.82, 2.24) is 15.6 Å². The van der Waals surface area contributed by atoms with Crippen LogP contribution in [0.15, 0.2) is 39.9 Å². The molecule has 1 heterocycles. The van der Waals surface area contributed by atoms with Gasteiger partial charge in [0.1, 0.15) is 18.1 Å². The van der Waals surface area contributed by atoms with Gasteiger partial charge < -0.3 is 19.8 Å². The maximum atomic E-state index is 12.9. The fourth-order valence-corrected chi connectivity index (χ4v) is 2.28. The molecule has 1 aromatic heterocycles. The van der Waals surface area contributed by atoms with Crippen LogP contribution in [0.3, 0.4) is 0 Å². The molecule has 9 heteroatoms. The standard InChI is InChI=1S/C19H25F3N4O2/c1-18(2,3)15-11-25-16(28-15)12-26-17(23-4)24-9-10-27-14-8-6-5-7-13(14)19(20,21)22/h5-8,11H,9-10,12H2,1-4H3,(H2,23,24,26). The summed E-state index contributed by atoms with van der Waals surface area (Å²) in [5, 5.41) is 6.00. The number of rotatable bonds is 6. The molecule has 154 valence electrons. The number of nitrogens with one attached hydrogen (secondary N) is 2. The molecule has 0 saturated heterocycles. The van der Waals surface area contributed by atoms with Crippen LogP contribution in [0, 0.1) is 0 Å². The SMILES string of the molecule is CN=C(NCCOc1ccccc1C(F)(F)F)NCc1ncc(C(C)(C)C)o1. The van der Waals surface area contributed by atoms with E-state index in [0.717, 1.165) is 11.8 Å². The van der Waals surface area contributed by atoms with Gasteiger partial charge in [-0.2, -0.15) is 13.2 Å². The third-order valence-electron chi connectivity index (χ3n) is 3.77. The van der Waals surface area contributed by atoms with Crippen LogP contribution in [0.4, 0.5) is 13.2 Å². The molecule has 2 aromatic rings. The molecule has 2 rings (SSSR count). The predicted molar refractivity (Wildman–Crippen MR) is 100 cm³/mol. The molecule has 6 nitrogen and oxygen atoms in total. The molecule has 0 aliphatic carbocycles. The van der Waals surface area contributed by atoms with Crippen LogP contribution in [0.25, 0.3) is 0 Å². The molecule has 0 amide bonds. The summed E-state index contributed by atoms with van der Waals surface area (Å²) < 4.78 is 49.8. The van der Waals surface area contributed by atoms with Crippen molar-refractivity contribution in [3.05, 3.63) is 47.7 Å². The Morgan fingerprint density at radius 2 is 1.89 bits per heavy atom. The predicted octanol–water partition coefficient (Wildman–Crippen LogP) is 3.73. The van der Waals surface area contributed by atoms with E-state index >= 15 is 0 Å². The maximum Gasteiger partial charge on any atom is 0.419 e. The number of halogens is 3. The number of ether oxygens (including phenoxy) is 1. The van der Waals surface area contributed by atoms with E-state index in [9.17, 15) is 13.2 Å². The van der Waals surface area contributed by atoms with Crippen molar-refractivity contribution in [2.75, 3.05) is 20.2 Å². The van der Waals surface area contributed by atoms with Crippen molar-refractivity contribution in [1.29, 1.82) is 0 Å². The molecule has 0 bridgehead atoms. The van der Waals surface area contributed by atoms with E-state index < -0.39 is 11.7 Å². The van der Waals surface area contributed by atoms with Gasteiger partial charge in [-0.15, -0.1) is 0 Å². The van der Waals surface area contributed by atoms with Crippen LogP contribution in [0.1, 0.15) is 38.0 Å². The van der Waals surface area contributed by atoms with Gasteiger partial charge in [-0.1, -0.05) is 32.9 Å². The number of nitrogens with zero attached hydrogens (tertiary/aromatic N) is 2. The van der Waals surface area contributed by atoms with Gasteiger partial charge in [-0.05, 0) is 12.1 Å². The van der Waals surface area contributed by atoms with Gasteiger partial charge in [-0.25, -0.2) is 4.98 Å².